The number of anilines is 1. The highest BCUT2D eigenvalue weighted by molar-refractivity contribution is 5.84. The van der Waals surface area contributed by atoms with Crippen LogP contribution in [0.5, 0.6) is 11.5 Å². The summed E-state index contributed by atoms with van der Waals surface area (Å²) in [6.45, 7) is 0.307. The number of aromatic nitrogens is 2. The van der Waals surface area contributed by atoms with Gasteiger partial charge in [0.2, 0.25) is 5.95 Å². The molecule has 0 atom stereocenters. The molecule has 2 N–H and O–H groups in total. The Morgan fingerprint density at radius 3 is 2.58 bits per heavy atom. The minimum Gasteiger partial charge on any atom is -0.496 e. The molecular weight excluding hydrogens is 478 g/mol. The second-order valence-corrected chi connectivity index (χ2v) is 8.35. The Labute approximate surface area is 218 Å². The van der Waals surface area contributed by atoms with Crippen molar-refractivity contribution >= 4 is 22.9 Å². The first-order valence-electron chi connectivity index (χ1n) is 11.8. The molecule has 0 radical (unpaired) electrons. The summed E-state index contributed by atoms with van der Waals surface area (Å²) in [5, 5.41) is 15.9. The number of nitrogens with one attached hydrogen (secondary N) is 2. The van der Waals surface area contributed by atoms with Crippen molar-refractivity contribution in [2.75, 3.05) is 12.5 Å². The monoisotopic (exact) mass is 501 g/mol. The highest BCUT2D eigenvalue weighted by atomic mass is 16.5. The van der Waals surface area contributed by atoms with E-state index in [0.717, 1.165) is 27.6 Å². The van der Waals surface area contributed by atoms with Gasteiger partial charge in [-0.15, -0.1) is 0 Å². The number of hydrazone groups is 1. The number of hydrogen-bond acceptors (Lipinski definition) is 7. The highest BCUT2D eigenvalue weighted by Gasteiger charge is 2.13. The van der Waals surface area contributed by atoms with Crippen molar-refractivity contribution in [2.45, 2.75) is 6.61 Å². The zero-order chi connectivity index (χ0) is 26.3. The van der Waals surface area contributed by atoms with Crippen LogP contribution in [0.1, 0.15) is 16.7 Å². The number of nitriles is 1. The molecule has 0 saturated heterocycles. The molecule has 0 aliphatic heterocycles. The van der Waals surface area contributed by atoms with Crippen LogP contribution >= 0.6 is 0 Å². The molecule has 5 aromatic rings. The average Bonchev–Trinajstić information content (AvgIpc) is 2.96. The maximum atomic E-state index is 12.4. The number of methoxy groups -OCH3 is 1. The van der Waals surface area contributed by atoms with Crippen LogP contribution in [0.15, 0.2) is 101 Å². The van der Waals surface area contributed by atoms with E-state index in [1.807, 2.05) is 78.9 Å². The van der Waals surface area contributed by atoms with Crippen molar-refractivity contribution < 1.29 is 9.47 Å². The second-order valence-electron chi connectivity index (χ2n) is 8.35. The van der Waals surface area contributed by atoms with Gasteiger partial charge in [-0.25, -0.2) is 10.4 Å². The largest absolute Gasteiger partial charge is 0.496 e. The minimum absolute atomic E-state index is 0.0584. The van der Waals surface area contributed by atoms with Crippen LogP contribution in [0.2, 0.25) is 0 Å². The summed E-state index contributed by atoms with van der Waals surface area (Å²) in [6, 6.07) is 30.7. The van der Waals surface area contributed by atoms with Gasteiger partial charge in [-0.3, -0.25) is 9.78 Å². The van der Waals surface area contributed by atoms with E-state index in [4.69, 9.17) is 9.47 Å². The number of rotatable bonds is 8. The molecule has 38 heavy (non-hydrogen) atoms. The Kier molecular flexibility index (Phi) is 7.09. The SMILES string of the molecule is COc1ccc(C=NNc2nc(-c3ccccc3)c(C#N)c(=O)[nH]2)cc1COc1ccc2ccccc2c1. The molecule has 4 aromatic carbocycles. The van der Waals surface area contributed by atoms with Crippen LogP contribution in [0.25, 0.3) is 22.0 Å². The maximum absolute atomic E-state index is 12.4. The predicted octanol–water partition coefficient (Wildman–Crippen LogP) is 5.50. The van der Waals surface area contributed by atoms with Gasteiger partial charge in [-0.05, 0) is 46.7 Å². The maximum Gasteiger partial charge on any atom is 0.270 e. The Bertz CT molecular complexity index is 1720. The fourth-order valence-electron chi connectivity index (χ4n) is 4.01. The Morgan fingerprint density at radius 1 is 1.00 bits per heavy atom. The van der Waals surface area contributed by atoms with Crippen molar-refractivity contribution in [3.05, 3.63) is 118 Å². The summed E-state index contributed by atoms with van der Waals surface area (Å²) in [6.07, 6.45) is 1.60. The van der Waals surface area contributed by atoms with E-state index in [2.05, 4.69) is 26.6 Å². The smallest absolute Gasteiger partial charge is 0.270 e. The first kappa shape index (κ1) is 24.3. The molecule has 8 nitrogen and oxygen atoms in total. The van der Waals surface area contributed by atoms with Crippen LogP contribution in [0.3, 0.4) is 0 Å². The van der Waals surface area contributed by atoms with Gasteiger partial charge in [-0.2, -0.15) is 10.4 Å². The molecule has 0 spiro atoms. The normalized spacial score (nSPS) is 10.8. The first-order valence-corrected chi connectivity index (χ1v) is 11.8. The van der Waals surface area contributed by atoms with Crippen molar-refractivity contribution in [2.24, 2.45) is 5.10 Å². The van der Waals surface area contributed by atoms with Crippen molar-refractivity contribution in [3.8, 4) is 28.8 Å². The zero-order valence-corrected chi connectivity index (χ0v) is 20.5. The van der Waals surface area contributed by atoms with Gasteiger partial charge < -0.3 is 9.47 Å². The number of ether oxygens (including phenoxy) is 2. The van der Waals surface area contributed by atoms with Crippen LogP contribution in [0.4, 0.5) is 5.95 Å². The van der Waals surface area contributed by atoms with E-state index in [0.29, 0.717) is 17.9 Å². The molecule has 0 unspecified atom stereocenters. The van der Waals surface area contributed by atoms with Crippen LogP contribution in [-0.4, -0.2) is 23.3 Å². The number of hydrogen-bond donors (Lipinski definition) is 2. The van der Waals surface area contributed by atoms with Crippen molar-refractivity contribution in [1.29, 1.82) is 5.26 Å². The molecule has 0 amide bonds. The van der Waals surface area contributed by atoms with Crippen molar-refractivity contribution in [1.82, 2.24) is 9.97 Å². The van der Waals surface area contributed by atoms with Gasteiger partial charge in [0.1, 0.15) is 29.7 Å². The molecule has 5 rings (SSSR count). The third-order valence-electron chi connectivity index (χ3n) is 5.88. The summed E-state index contributed by atoms with van der Waals surface area (Å²) >= 11 is 0. The number of H-pyrrole nitrogens is 1. The van der Waals surface area contributed by atoms with E-state index in [1.54, 1.807) is 25.5 Å². The van der Waals surface area contributed by atoms with Gasteiger partial charge >= 0.3 is 0 Å². The standard InChI is InChI=1S/C30H23N5O3/c1-37-27-14-11-20(15-24(27)19-38-25-13-12-21-7-5-6-10-23(21)16-25)18-32-35-30-33-28(22-8-3-2-4-9-22)26(17-31)29(36)34-30/h2-16,18H,19H2,1H3,(H2,33,34,35,36). The van der Waals surface area contributed by atoms with E-state index in [-0.39, 0.29) is 17.2 Å². The fraction of sp³-hybridized carbons (Fsp3) is 0.0667. The fourth-order valence-corrected chi connectivity index (χ4v) is 4.01. The topological polar surface area (TPSA) is 112 Å². The van der Waals surface area contributed by atoms with E-state index in [9.17, 15) is 10.1 Å². The van der Waals surface area contributed by atoms with Crippen molar-refractivity contribution in [3.63, 3.8) is 0 Å². The molecule has 0 bridgehead atoms. The Balaban J connectivity index is 1.33. The average molecular weight is 502 g/mol. The van der Waals surface area contributed by atoms with Gasteiger partial charge in [0, 0.05) is 11.1 Å². The summed E-state index contributed by atoms with van der Waals surface area (Å²) in [5.74, 6) is 1.58. The molecule has 186 valence electrons. The lowest BCUT2D eigenvalue weighted by molar-refractivity contribution is 0.297. The second kappa shape index (κ2) is 11.1. The molecule has 8 heteroatoms. The van der Waals surface area contributed by atoms with E-state index >= 15 is 0 Å². The van der Waals surface area contributed by atoms with Gasteiger partial charge in [-0.1, -0.05) is 60.7 Å². The molecular formula is C30H23N5O3. The summed E-state index contributed by atoms with van der Waals surface area (Å²) in [4.78, 5) is 19.4. The zero-order valence-electron chi connectivity index (χ0n) is 20.5. The third-order valence-corrected chi connectivity index (χ3v) is 5.88. The lowest BCUT2D eigenvalue weighted by Crippen LogP contribution is -2.16. The lowest BCUT2D eigenvalue weighted by Gasteiger charge is -2.12. The number of benzene rings is 4. The third kappa shape index (κ3) is 5.37. The van der Waals surface area contributed by atoms with Crippen LogP contribution < -0.4 is 20.5 Å². The Morgan fingerprint density at radius 2 is 1.79 bits per heavy atom. The van der Waals surface area contributed by atoms with Gasteiger partial charge in [0.25, 0.3) is 5.56 Å². The lowest BCUT2D eigenvalue weighted by atomic mass is 10.1. The molecule has 0 saturated carbocycles. The molecule has 1 aromatic heterocycles. The summed E-state index contributed by atoms with van der Waals surface area (Å²) in [5.41, 5.74) is 4.73. The summed E-state index contributed by atoms with van der Waals surface area (Å²) < 4.78 is 11.6. The molecule has 1 heterocycles. The van der Waals surface area contributed by atoms with Crippen LogP contribution in [-0.2, 0) is 6.61 Å². The number of nitrogens with zero attached hydrogens (tertiary/aromatic N) is 3. The van der Waals surface area contributed by atoms with Gasteiger partial charge in [0.15, 0.2) is 0 Å². The Hall–Kier alpha value is -5.42. The van der Waals surface area contributed by atoms with E-state index in [1.165, 1.54) is 0 Å². The molecule has 0 fully saturated rings. The first-order chi connectivity index (χ1) is 18.6. The summed E-state index contributed by atoms with van der Waals surface area (Å²) in [7, 11) is 1.61. The van der Waals surface area contributed by atoms with Gasteiger partial charge in [0.05, 0.1) is 19.0 Å². The molecule has 0 aliphatic carbocycles. The number of aromatic amines is 1. The number of fused-ring (bicyclic) bond motifs is 1. The predicted molar refractivity (Wildman–Crippen MR) is 147 cm³/mol. The quantitative estimate of drug-likeness (QED) is 0.215. The minimum atomic E-state index is -0.545. The molecule has 0 aliphatic rings. The highest BCUT2D eigenvalue weighted by Crippen LogP contribution is 2.25. The van der Waals surface area contributed by atoms with E-state index < -0.39 is 5.56 Å². The van der Waals surface area contributed by atoms with Crippen LogP contribution in [0, 0.1) is 11.3 Å².